The molecule has 2 fully saturated rings. The number of carbonyl (C=O) groups is 3. The van der Waals surface area contributed by atoms with E-state index in [0.29, 0.717) is 28.1 Å². The lowest BCUT2D eigenvalue weighted by molar-refractivity contribution is -0.154. The first-order valence-electron chi connectivity index (χ1n) is 20.6. The summed E-state index contributed by atoms with van der Waals surface area (Å²) < 4.78 is 17.4. The fourth-order valence-electron chi connectivity index (χ4n) is 7.99. The summed E-state index contributed by atoms with van der Waals surface area (Å²) in [5.74, 6) is -0.837. The number of esters is 1. The van der Waals surface area contributed by atoms with Crippen molar-refractivity contribution < 1.29 is 33.4 Å². The average molecular weight is 910 g/mol. The van der Waals surface area contributed by atoms with Gasteiger partial charge in [0.15, 0.2) is 16.9 Å². The van der Waals surface area contributed by atoms with E-state index in [9.17, 15) is 14.4 Å². The van der Waals surface area contributed by atoms with Crippen LogP contribution in [-0.4, -0.2) is 82.9 Å². The van der Waals surface area contributed by atoms with Gasteiger partial charge in [0.1, 0.15) is 42.2 Å². The minimum Gasteiger partial charge on any atom is -0.448 e. The normalized spacial score (nSPS) is 18.6. The highest BCUT2D eigenvalue weighted by Gasteiger charge is 2.55. The Morgan fingerprint density at radius 1 is 0.859 bits per heavy atom. The van der Waals surface area contributed by atoms with Crippen LogP contribution in [0.25, 0.3) is 0 Å². The second-order valence-corrected chi connectivity index (χ2v) is 18.0. The number of hydrogen-bond donors (Lipinski definition) is 2. The number of nitrogens with one attached hydrogen (secondary N) is 2. The molecule has 15 heteroatoms. The van der Waals surface area contributed by atoms with Crippen molar-refractivity contribution in [3.63, 3.8) is 0 Å². The predicted octanol–water partition coefficient (Wildman–Crippen LogP) is 7.95. The Morgan fingerprint density at radius 3 is 1.95 bits per heavy atom. The lowest BCUT2D eigenvalue weighted by Gasteiger charge is -2.49. The molecule has 64 heavy (non-hydrogen) atoms. The predicted molar refractivity (Wildman–Crippen MR) is 250 cm³/mol. The molecule has 0 saturated carbocycles. The van der Waals surface area contributed by atoms with E-state index in [1.807, 2.05) is 115 Å². The Balaban J connectivity index is 0.973. The van der Waals surface area contributed by atoms with Crippen molar-refractivity contribution in [2.45, 2.75) is 29.2 Å². The molecule has 0 aliphatic carbocycles. The fraction of sp³-hybridized carbons (Fsp3) is 0.204. The lowest BCUT2D eigenvalue weighted by Crippen LogP contribution is -2.71. The number of β-lactam (4-membered cyclic amide) rings is 1. The van der Waals surface area contributed by atoms with E-state index < -0.39 is 40.8 Å². The zero-order chi connectivity index (χ0) is 43.9. The number of carbonyl (C=O) groups excluding carboxylic acids is 3. The molecule has 3 aliphatic heterocycles. The van der Waals surface area contributed by atoms with Gasteiger partial charge in [-0.25, -0.2) is 9.78 Å². The van der Waals surface area contributed by atoms with Crippen molar-refractivity contribution in [3.8, 4) is 0 Å². The van der Waals surface area contributed by atoms with E-state index >= 15 is 0 Å². The molecule has 0 spiro atoms. The summed E-state index contributed by atoms with van der Waals surface area (Å²) in [5.41, 5.74) is 3.97. The van der Waals surface area contributed by atoms with E-state index in [0.717, 1.165) is 27.8 Å². The SMILES string of the molecule is CO/N=C(\C(=O)NC1C(=O)N2C(C(=O)OC(c3ccccc3)c3ccccc3)=C(SCC3COCO3)CS[C@H]12)c1csc(NC(c2ccccc2)(c2ccccc2)c2ccccc2)n1. The van der Waals surface area contributed by atoms with Gasteiger partial charge < -0.3 is 29.7 Å². The Labute approximate surface area is 383 Å². The molecule has 3 aliphatic rings. The molecule has 0 radical (unpaired) electrons. The highest BCUT2D eigenvalue weighted by atomic mass is 32.2. The summed E-state index contributed by atoms with van der Waals surface area (Å²) in [6, 6.07) is 48.3. The minimum absolute atomic E-state index is 0.109. The van der Waals surface area contributed by atoms with E-state index in [-0.39, 0.29) is 30.0 Å². The van der Waals surface area contributed by atoms with Crippen molar-refractivity contribution in [3.05, 3.63) is 201 Å². The summed E-state index contributed by atoms with van der Waals surface area (Å²) in [7, 11) is 1.35. The molecule has 1 aromatic heterocycles. The first-order valence-corrected chi connectivity index (χ1v) is 23.5. The summed E-state index contributed by atoms with van der Waals surface area (Å²) in [6.07, 6.45) is -0.895. The van der Waals surface area contributed by atoms with Gasteiger partial charge >= 0.3 is 5.97 Å². The Bertz CT molecular complexity index is 2490. The monoisotopic (exact) mass is 909 g/mol. The molecule has 324 valence electrons. The highest BCUT2D eigenvalue weighted by Crippen LogP contribution is 2.45. The number of ether oxygens (including phenoxy) is 3. The standard InChI is InChI=1S/C49H43N5O7S3/c1-58-53-40(38-29-64-48(50-38)52-49(34-21-11-4-12-22-34,35-23-13-5-14-24-35)36-25-15-6-16-26-36)44(55)51-41-45(56)54-42(39(30-63-46(41)54)62-28-37-27-59-31-60-37)47(57)61-43(32-17-7-2-8-18-32)33-19-9-3-10-20-33/h2-26,29,37,41,43,46H,27-28,30-31H2,1H3,(H,50,52)(H,51,55)/b53-40-/t37?,41?,46-/m1/s1. The third-order valence-electron chi connectivity index (χ3n) is 11.0. The van der Waals surface area contributed by atoms with Gasteiger partial charge in [-0.3, -0.25) is 14.5 Å². The molecule has 5 aromatic carbocycles. The van der Waals surface area contributed by atoms with E-state index in [4.69, 9.17) is 24.0 Å². The number of rotatable bonds is 16. The summed E-state index contributed by atoms with van der Waals surface area (Å²) in [5, 5.41) is 12.4. The fourth-order valence-corrected chi connectivity index (χ4v) is 11.4. The van der Waals surface area contributed by atoms with Crippen LogP contribution in [0.4, 0.5) is 5.13 Å². The number of benzene rings is 5. The van der Waals surface area contributed by atoms with Gasteiger partial charge in [-0.15, -0.1) is 34.9 Å². The first-order chi connectivity index (χ1) is 31.4. The van der Waals surface area contributed by atoms with Crippen molar-refractivity contribution in [2.75, 3.05) is 37.3 Å². The number of hydrogen-bond acceptors (Lipinski definition) is 13. The molecule has 0 bridgehead atoms. The van der Waals surface area contributed by atoms with Gasteiger partial charge in [-0.2, -0.15) is 0 Å². The van der Waals surface area contributed by atoms with Gasteiger partial charge in [0.25, 0.3) is 11.8 Å². The van der Waals surface area contributed by atoms with Crippen molar-refractivity contribution in [2.24, 2.45) is 5.16 Å². The third kappa shape index (κ3) is 8.81. The average Bonchev–Trinajstić information content (AvgIpc) is 4.06. The number of thioether (sulfide) groups is 2. The first kappa shape index (κ1) is 43.0. The van der Waals surface area contributed by atoms with E-state index in [1.165, 1.54) is 46.9 Å². The van der Waals surface area contributed by atoms with Crippen molar-refractivity contribution >= 4 is 63.5 Å². The van der Waals surface area contributed by atoms with Crippen LogP contribution in [0.3, 0.4) is 0 Å². The molecule has 4 heterocycles. The van der Waals surface area contributed by atoms with Crippen LogP contribution in [0.15, 0.2) is 173 Å². The van der Waals surface area contributed by atoms with Crippen LogP contribution in [0.5, 0.6) is 0 Å². The summed E-state index contributed by atoms with van der Waals surface area (Å²) in [6.45, 7) is 0.646. The second-order valence-electron chi connectivity index (χ2n) is 15.0. The van der Waals surface area contributed by atoms with Crippen LogP contribution < -0.4 is 10.6 Å². The number of fused-ring (bicyclic) bond motifs is 1. The van der Waals surface area contributed by atoms with Crippen molar-refractivity contribution in [1.29, 1.82) is 0 Å². The number of amides is 2. The number of thiazole rings is 1. The molecule has 12 nitrogen and oxygen atoms in total. The molecule has 6 aromatic rings. The zero-order valence-corrected chi connectivity index (χ0v) is 37.0. The Hall–Kier alpha value is -6.23. The van der Waals surface area contributed by atoms with Crippen LogP contribution in [-0.2, 0) is 39.0 Å². The van der Waals surface area contributed by atoms with E-state index in [2.05, 4.69) is 52.2 Å². The zero-order valence-electron chi connectivity index (χ0n) is 34.6. The van der Waals surface area contributed by atoms with Crippen LogP contribution in [0, 0.1) is 0 Å². The number of aromatic nitrogens is 1. The minimum atomic E-state index is -0.974. The molecule has 2 amide bonds. The van der Waals surface area contributed by atoms with E-state index in [1.54, 1.807) is 5.38 Å². The van der Waals surface area contributed by atoms with Gasteiger partial charge in [0, 0.05) is 21.8 Å². The molecule has 9 rings (SSSR count). The van der Waals surface area contributed by atoms with Gasteiger partial charge in [-0.05, 0) is 27.8 Å². The number of anilines is 1. The molecular weight excluding hydrogens is 867 g/mol. The summed E-state index contributed by atoms with van der Waals surface area (Å²) >= 11 is 4.21. The largest absolute Gasteiger partial charge is 0.448 e. The van der Waals surface area contributed by atoms with Crippen molar-refractivity contribution in [1.82, 2.24) is 15.2 Å². The quantitative estimate of drug-likeness (QED) is 0.0322. The van der Waals surface area contributed by atoms with Crippen LogP contribution in [0.1, 0.15) is 39.6 Å². The molecule has 2 N–H and O–H groups in total. The van der Waals surface area contributed by atoms with Crippen LogP contribution >= 0.6 is 34.9 Å². The van der Waals surface area contributed by atoms with Gasteiger partial charge in [0.05, 0.1) is 12.7 Å². The maximum absolute atomic E-state index is 14.5. The van der Waals surface area contributed by atoms with Crippen LogP contribution in [0.2, 0.25) is 0 Å². The third-order valence-corrected chi connectivity index (χ3v) is 14.5. The highest BCUT2D eigenvalue weighted by molar-refractivity contribution is 8.06. The molecule has 2 saturated heterocycles. The summed E-state index contributed by atoms with van der Waals surface area (Å²) in [4.78, 5) is 55.2. The second kappa shape index (κ2) is 19.7. The number of nitrogens with zero attached hydrogens (tertiary/aromatic N) is 3. The Kier molecular flexibility index (Phi) is 13.2. The maximum Gasteiger partial charge on any atom is 0.356 e. The molecular formula is C49H43N5O7S3. The topological polar surface area (TPSA) is 141 Å². The van der Waals surface area contributed by atoms with Gasteiger partial charge in [0.2, 0.25) is 0 Å². The number of oxime groups is 1. The smallest absolute Gasteiger partial charge is 0.356 e. The lowest BCUT2D eigenvalue weighted by atomic mass is 9.77. The Morgan fingerprint density at radius 2 is 1.42 bits per heavy atom. The van der Waals surface area contributed by atoms with Gasteiger partial charge in [-0.1, -0.05) is 157 Å². The maximum atomic E-state index is 14.5. The molecule has 2 unspecified atom stereocenters. The molecule has 3 atom stereocenters.